The fourth-order valence-electron chi connectivity index (χ4n) is 2.69. The predicted molar refractivity (Wildman–Crippen MR) is 83.3 cm³/mol. The first-order valence-electron chi connectivity index (χ1n) is 7.34. The summed E-state index contributed by atoms with van der Waals surface area (Å²) in [5.41, 5.74) is 0.352. The first-order chi connectivity index (χ1) is 11.2. The van der Waals surface area contributed by atoms with Crippen LogP contribution in [0.3, 0.4) is 0 Å². The highest BCUT2D eigenvalue weighted by atomic mass is 16.5. The van der Waals surface area contributed by atoms with Gasteiger partial charge in [-0.05, 0) is 6.42 Å². The minimum atomic E-state index is -0.129. The van der Waals surface area contributed by atoms with E-state index in [1.807, 2.05) is 0 Å². The summed E-state index contributed by atoms with van der Waals surface area (Å²) in [6.45, 7) is 1.47. The maximum atomic E-state index is 12.5. The molecule has 1 saturated heterocycles. The van der Waals surface area contributed by atoms with Crippen LogP contribution in [0.5, 0.6) is 5.88 Å². The highest BCUT2D eigenvalue weighted by Crippen LogP contribution is 2.27. The second kappa shape index (κ2) is 6.55. The minimum absolute atomic E-state index is 0.0798. The molecule has 0 aromatic carbocycles. The zero-order chi connectivity index (χ0) is 16.2. The Morgan fingerprint density at radius 3 is 2.78 bits per heavy atom. The van der Waals surface area contributed by atoms with E-state index in [1.54, 1.807) is 37.6 Å². The molecule has 120 valence electrons. The highest BCUT2D eigenvalue weighted by Gasteiger charge is 2.31. The summed E-state index contributed by atoms with van der Waals surface area (Å²) < 4.78 is 5.26. The number of aromatic nitrogens is 4. The van der Waals surface area contributed by atoms with Gasteiger partial charge in [0.05, 0.1) is 19.3 Å². The standard InChI is InChI=1S/C15H18N6O2/c1-20(15(22)12-9-16-4-5-17-12)11-3-8-21(10-11)13-14(23-2)19-7-6-18-13/h4-7,9,11H,3,8,10H2,1-2H3/t11-/m0/s1. The van der Waals surface area contributed by atoms with Gasteiger partial charge in [-0.2, -0.15) is 0 Å². The highest BCUT2D eigenvalue weighted by molar-refractivity contribution is 5.92. The number of anilines is 1. The Hall–Kier alpha value is -2.77. The smallest absolute Gasteiger partial charge is 0.274 e. The molecule has 3 rings (SSSR count). The van der Waals surface area contributed by atoms with Gasteiger partial charge in [-0.15, -0.1) is 0 Å². The van der Waals surface area contributed by atoms with Crippen molar-refractivity contribution in [3.63, 3.8) is 0 Å². The van der Waals surface area contributed by atoms with Crippen LogP contribution in [0.2, 0.25) is 0 Å². The molecule has 2 aromatic rings. The Morgan fingerprint density at radius 1 is 1.26 bits per heavy atom. The number of likely N-dealkylation sites (N-methyl/N-ethyl adjacent to an activating group) is 1. The molecule has 8 nitrogen and oxygen atoms in total. The Morgan fingerprint density at radius 2 is 2.04 bits per heavy atom. The molecule has 8 heteroatoms. The lowest BCUT2D eigenvalue weighted by molar-refractivity contribution is 0.0738. The number of amides is 1. The van der Waals surface area contributed by atoms with Crippen LogP contribution in [0.1, 0.15) is 16.9 Å². The molecule has 0 radical (unpaired) electrons. The van der Waals surface area contributed by atoms with Crippen LogP contribution in [-0.4, -0.2) is 64.0 Å². The maximum absolute atomic E-state index is 12.5. The number of carbonyl (C=O) groups excluding carboxylic acids is 1. The van der Waals surface area contributed by atoms with Gasteiger partial charge in [-0.3, -0.25) is 9.78 Å². The Labute approximate surface area is 134 Å². The molecule has 0 bridgehead atoms. The largest absolute Gasteiger partial charge is 0.478 e. The van der Waals surface area contributed by atoms with E-state index in [2.05, 4.69) is 24.8 Å². The summed E-state index contributed by atoms with van der Waals surface area (Å²) in [5, 5.41) is 0. The van der Waals surface area contributed by atoms with E-state index in [0.717, 1.165) is 13.0 Å². The number of ether oxygens (including phenoxy) is 1. The van der Waals surface area contributed by atoms with Gasteiger partial charge >= 0.3 is 0 Å². The van der Waals surface area contributed by atoms with Crippen molar-refractivity contribution in [2.24, 2.45) is 0 Å². The zero-order valence-corrected chi connectivity index (χ0v) is 13.1. The van der Waals surface area contributed by atoms with Gasteiger partial charge < -0.3 is 14.5 Å². The Kier molecular flexibility index (Phi) is 4.31. The van der Waals surface area contributed by atoms with E-state index in [9.17, 15) is 4.79 Å². The van der Waals surface area contributed by atoms with Gasteiger partial charge in [-0.1, -0.05) is 0 Å². The fraction of sp³-hybridized carbons (Fsp3) is 0.400. The van der Waals surface area contributed by atoms with Gasteiger partial charge in [-0.25, -0.2) is 15.0 Å². The summed E-state index contributed by atoms with van der Waals surface area (Å²) in [7, 11) is 3.36. The van der Waals surface area contributed by atoms with Crippen LogP contribution in [0.4, 0.5) is 5.82 Å². The second-order valence-electron chi connectivity index (χ2n) is 5.28. The van der Waals surface area contributed by atoms with Crippen LogP contribution in [0.25, 0.3) is 0 Å². The minimum Gasteiger partial charge on any atom is -0.478 e. The summed E-state index contributed by atoms with van der Waals surface area (Å²) in [4.78, 5) is 32.8. The van der Waals surface area contributed by atoms with Crippen molar-refractivity contribution in [1.29, 1.82) is 0 Å². The van der Waals surface area contributed by atoms with Crippen molar-refractivity contribution in [3.05, 3.63) is 36.7 Å². The van der Waals surface area contributed by atoms with Crippen LogP contribution >= 0.6 is 0 Å². The molecule has 0 N–H and O–H groups in total. The first kappa shape index (κ1) is 15.1. The SMILES string of the molecule is COc1nccnc1N1CC[C@H](N(C)C(=O)c2cnccn2)C1. The lowest BCUT2D eigenvalue weighted by atomic mass is 10.2. The molecule has 1 aliphatic heterocycles. The number of carbonyl (C=O) groups is 1. The fourth-order valence-corrected chi connectivity index (χ4v) is 2.69. The quantitative estimate of drug-likeness (QED) is 0.818. The molecule has 0 saturated carbocycles. The predicted octanol–water partition coefficient (Wildman–Crippen LogP) is 0.626. The van der Waals surface area contributed by atoms with Gasteiger partial charge in [0.2, 0.25) is 0 Å². The average Bonchev–Trinajstić information content (AvgIpc) is 3.11. The number of hydrogen-bond acceptors (Lipinski definition) is 7. The zero-order valence-electron chi connectivity index (χ0n) is 13.1. The van der Waals surface area contributed by atoms with Gasteiger partial charge in [0.15, 0.2) is 5.82 Å². The van der Waals surface area contributed by atoms with E-state index in [0.29, 0.717) is 23.9 Å². The van der Waals surface area contributed by atoms with Gasteiger partial charge in [0.1, 0.15) is 5.69 Å². The van der Waals surface area contributed by atoms with Crippen LogP contribution in [-0.2, 0) is 0 Å². The number of rotatable bonds is 4. The Balaban J connectivity index is 1.71. The summed E-state index contributed by atoms with van der Waals surface area (Å²) in [5.74, 6) is 1.07. The first-order valence-corrected chi connectivity index (χ1v) is 7.34. The average molecular weight is 314 g/mol. The monoisotopic (exact) mass is 314 g/mol. The summed E-state index contributed by atoms with van der Waals surface area (Å²) >= 11 is 0. The van der Waals surface area contributed by atoms with E-state index in [-0.39, 0.29) is 11.9 Å². The second-order valence-corrected chi connectivity index (χ2v) is 5.28. The molecule has 0 aliphatic carbocycles. The summed E-state index contributed by atoms with van der Waals surface area (Å²) in [6.07, 6.45) is 8.64. The molecule has 2 aromatic heterocycles. The van der Waals surface area contributed by atoms with Crippen LogP contribution < -0.4 is 9.64 Å². The summed E-state index contributed by atoms with van der Waals surface area (Å²) in [6, 6.07) is 0.0798. The molecule has 1 aliphatic rings. The molecule has 1 fully saturated rings. The normalized spacial score (nSPS) is 17.1. The van der Waals surface area contributed by atoms with Crippen molar-refractivity contribution >= 4 is 11.7 Å². The van der Waals surface area contributed by atoms with Crippen LogP contribution in [0.15, 0.2) is 31.0 Å². The lowest BCUT2D eigenvalue weighted by Crippen LogP contribution is -2.39. The lowest BCUT2D eigenvalue weighted by Gasteiger charge is -2.25. The van der Waals surface area contributed by atoms with Gasteiger partial charge in [0, 0.05) is 44.9 Å². The van der Waals surface area contributed by atoms with Crippen molar-refractivity contribution in [3.8, 4) is 5.88 Å². The molecule has 1 atom stereocenters. The molecule has 1 amide bonds. The molecular formula is C15H18N6O2. The molecule has 0 spiro atoms. The van der Waals surface area contributed by atoms with Crippen molar-refractivity contribution in [1.82, 2.24) is 24.8 Å². The van der Waals surface area contributed by atoms with Crippen molar-refractivity contribution in [2.45, 2.75) is 12.5 Å². The number of hydrogen-bond donors (Lipinski definition) is 0. The van der Waals surface area contributed by atoms with Crippen molar-refractivity contribution in [2.75, 3.05) is 32.1 Å². The Bertz CT molecular complexity index is 681. The number of nitrogens with zero attached hydrogens (tertiary/aromatic N) is 6. The number of methoxy groups -OCH3 is 1. The molecule has 23 heavy (non-hydrogen) atoms. The third-order valence-electron chi connectivity index (χ3n) is 3.95. The molecule has 0 unspecified atom stereocenters. The molecule has 3 heterocycles. The van der Waals surface area contributed by atoms with Crippen molar-refractivity contribution < 1.29 is 9.53 Å². The third-order valence-corrected chi connectivity index (χ3v) is 3.95. The third kappa shape index (κ3) is 3.05. The van der Waals surface area contributed by atoms with E-state index >= 15 is 0 Å². The van der Waals surface area contributed by atoms with E-state index < -0.39 is 0 Å². The van der Waals surface area contributed by atoms with Crippen LogP contribution in [0, 0.1) is 0 Å². The van der Waals surface area contributed by atoms with E-state index in [1.165, 1.54) is 12.4 Å². The van der Waals surface area contributed by atoms with Gasteiger partial charge in [0.25, 0.3) is 11.8 Å². The maximum Gasteiger partial charge on any atom is 0.274 e. The topological polar surface area (TPSA) is 84.3 Å². The van der Waals surface area contributed by atoms with E-state index in [4.69, 9.17) is 4.74 Å². The molecular weight excluding hydrogens is 296 g/mol.